The molecule has 1 aromatic carbocycles. The second-order valence-corrected chi connectivity index (χ2v) is 7.60. The average molecular weight is 451 g/mol. The molecule has 1 aliphatic rings. The highest BCUT2D eigenvalue weighted by molar-refractivity contribution is 14.1. The molecule has 0 atom stereocenters. The number of thiophene rings is 1. The monoisotopic (exact) mass is 450 g/mol. The molecule has 19 heavy (non-hydrogen) atoms. The maximum atomic E-state index is 12.4. The number of ketones is 1. The van der Waals surface area contributed by atoms with E-state index in [4.69, 9.17) is 9.47 Å². The van der Waals surface area contributed by atoms with Gasteiger partial charge in [-0.05, 0) is 56.7 Å². The lowest BCUT2D eigenvalue weighted by molar-refractivity contribution is 0.103. The molecule has 98 valence electrons. The number of fused-ring (bicyclic) bond motifs is 1. The van der Waals surface area contributed by atoms with Crippen LogP contribution in [-0.4, -0.2) is 19.0 Å². The number of carbonyl (C=O) groups is 1. The molecule has 1 aliphatic heterocycles. The Balaban J connectivity index is 2.03. The highest BCUT2D eigenvalue weighted by atomic mass is 127. The molecule has 0 fully saturated rings. The van der Waals surface area contributed by atoms with E-state index < -0.39 is 0 Å². The molecule has 0 aliphatic carbocycles. The second-order valence-electron chi connectivity index (χ2n) is 3.94. The Hall–Kier alpha value is -0.600. The van der Waals surface area contributed by atoms with E-state index in [1.165, 1.54) is 0 Å². The zero-order valence-electron chi connectivity index (χ0n) is 9.61. The van der Waals surface area contributed by atoms with E-state index in [1.54, 1.807) is 23.5 Å². The van der Waals surface area contributed by atoms with Gasteiger partial charge in [0.25, 0.3) is 0 Å². The van der Waals surface area contributed by atoms with Crippen molar-refractivity contribution in [1.29, 1.82) is 0 Å². The van der Waals surface area contributed by atoms with Crippen molar-refractivity contribution in [3.05, 3.63) is 42.1 Å². The molecule has 0 unspecified atom stereocenters. The molecule has 1 aromatic heterocycles. The number of halogens is 2. The zero-order valence-corrected chi connectivity index (χ0v) is 14.2. The van der Waals surface area contributed by atoms with E-state index in [-0.39, 0.29) is 5.78 Å². The largest absolute Gasteiger partial charge is 0.486 e. The van der Waals surface area contributed by atoms with Crippen LogP contribution in [0.2, 0.25) is 0 Å². The SMILES string of the molecule is O=C(c1csc(I)c1)c1cc2c(cc1Br)OCCO2. The fourth-order valence-electron chi connectivity index (χ4n) is 1.82. The summed E-state index contributed by atoms with van der Waals surface area (Å²) in [5.74, 6) is 1.29. The lowest BCUT2D eigenvalue weighted by atomic mass is 10.1. The van der Waals surface area contributed by atoms with Crippen LogP contribution in [0.1, 0.15) is 15.9 Å². The van der Waals surface area contributed by atoms with Crippen LogP contribution in [0.4, 0.5) is 0 Å². The number of ether oxygens (including phenoxy) is 2. The summed E-state index contributed by atoms with van der Waals surface area (Å²) < 4.78 is 12.8. The van der Waals surface area contributed by atoms with E-state index in [2.05, 4.69) is 38.5 Å². The van der Waals surface area contributed by atoms with Gasteiger partial charge in [-0.3, -0.25) is 4.79 Å². The van der Waals surface area contributed by atoms with Crippen LogP contribution in [0.5, 0.6) is 11.5 Å². The zero-order chi connectivity index (χ0) is 13.4. The van der Waals surface area contributed by atoms with Gasteiger partial charge in [0.2, 0.25) is 0 Å². The molecular formula is C13H8BrIO3S. The molecule has 3 rings (SSSR count). The number of rotatable bonds is 2. The van der Waals surface area contributed by atoms with E-state index in [9.17, 15) is 4.79 Å². The smallest absolute Gasteiger partial charge is 0.195 e. The molecule has 3 nitrogen and oxygen atoms in total. The van der Waals surface area contributed by atoms with Gasteiger partial charge in [-0.1, -0.05) is 0 Å². The minimum Gasteiger partial charge on any atom is -0.486 e. The van der Waals surface area contributed by atoms with E-state index in [0.717, 1.165) is 7.36 Å². The maximum absolute atomic E-state index is 12.4. The summed E-state index contributed by atoms with van der Waals surface area (Å²) in [5, 5.41) is 1.87. The summed E-state index contributed by atoms with van der Waals surface area (Å²) in [6, 6.07) is 5.42. The first kappa shape index (κ1) is 13.4. The Labute approximate surface area is 136 Å². The molecule has 0 radical (unpaired) electrons. The van der Waals surface area contributed by atoms with E-state index in [1.807, 2.05) is 11.4 Å². The van der Waals surface area contributed by atoms with E-state index >= 15 is 0 Å². The summed E-state index contributed by atoms with van der Waals surface area (Å²) in [6.07, 6.45) is 0. The summed E-state index contributed by atoms with van der Waals surface area (Å²) in [5.41, 5.74) is 1.30. The molecule has 0 N–H and O–H groups in total. The number of carbonyl (C=O) groups excluding carboxylic acids is 1. The van der Waals surface area contributed by atoms with Gasteiger partial charge in [-0.25, -0.2) is 0 Å². The Kier molecular flexibility index (Phi) is 3.81. The molecular weight excluding hydrogens is 443 g/mol. The molecule has 2 aromatic rings. The molecule has 0 saturated carbocycles. The second kappa shape index (κ2) is 5.41. The van der Waals surface area contributed by atoms with Crippen molar-refractivity contribution in [2.24, 2.45) is 0 Å². The minimum absolute atomic E-state index is 0.0111. The third-order valence-corrected chi connectivity index (χ3v) is 5.15. The van der Waals surface area contributed by atoms with Gasteiger partial charge in [-0.15, -0.1) is 11.3 Å². The fraction of sp³-hybridized carbons (Fsp3) is 0.154. The Morgan fingerprint density at radius 3 is 2.53 bits per heavy atom. The molecule has 6 heteroatoms. The van der Waals surface area contributed by atoms with Crippen molar-refractivity contribution >= 4 is 55.6 Å². The normalized spacial score (nSPS) is 13.4. The Bertz CT molecular complexity index is 653. The van der Waals surface area contributed by atoms with Crippen molar-refractivity contribution in [3.63, 3.8) is 0 Å². The number of benzene rings is 1. The summed E-state index contributed by atoms with van der Waals surface area (Å²) in [7, 11) is 0. The van der Waals surface area contributed by atoms with Crippen LogP contribution in [0.3, 0.4) is 0 Å². The topological polar surface area (TPSA) is 35.5 Å². The van der Waals surface area contributed by atoms with Crippen LogP contribution in [0.25, 0.3) is 0 Å². The molecule has 0 spiro atoms. The van der Waals surface area contributed by atoms with Gasteiger partial charge in [0.05, 0.1) is 2.88 Å². The van der Waals surface area contributed by atoms with Crippen LogP contribution in [0.15, 0.2) is 28.1 Å². The Morgan fingerprint density at radius 1 is 1.21 bits per heavy atom. The van der Waals surface area contributed by atoms with Crippen LogP contribution >= 0.6 is 49.9 Å². The first-order chi connectivity index (χ1) is 9.15. The summed E-state index contributed by atoms with van der Waals surface area (Å²) >= 11 is 7.19. The van der Waals surface area contributed by atoms with Crippen molar-refractivity contribution in [1.82, 2.24) is 0 Å². The van der Waals surface area contributed by atoms with Gasteiger partial charge < -0.3 is 9.47 Å². The van der Waals surface area contributed by atoms with Crippen molar-refractivity contribution in [3.8, 4) is 11.5 Å². The van der Waals surface area contributed by atoms with Gasteiger partial charge in [0.1, 0.15) is 13.2 Å². The lowest BCUT2D eigenvalue weighted by Crippen LogP contribution is -2.16. The summed E-state index contributed by atoms with van der Waals surface area (Å²) in [6.45, 7) is 1.05. The van der Waals surface area contributed by atoms with Crippen molar-refractivity contribution < 1.29 is 14.3 Å². The average Bonchev–Trinajstić information content (AvgIpc) is 2.84. The van der Waals surface area contributed by atoms with Gasteiger partial charge >= 0.3 is 0 Å². The predicted octanol–water partition coefficient (Wildman–Crippen LogP) is 4.12. The lowest BCUT2D eigenvalue weighted by Gasteiger charge is -2.19. The minimum atomic E-state index is -0.0111. The summed E-state index contributed by atoms with van der Waals surface area (Å²) in [4.78, 5) is 12.4. The Morgan fingerprint density at radius 2 is 1.89 bits per heavy atom. The van der Waals surface area contributed by atoms with Crippen molar-refractivity contribution in [2.45, 2.75) is 0 Å². The number of hydrogen-bond acceptors (Lipinski definition) is 4. The predicted molar refractivity (Wildman–Crippen MR) is 85.6 cm³/mol. The highest BCUT2D eigenvalue weighted by Gasteiger charge is 2.20. The molecule has 0 amide bonds. The highest BCUT2D eigenvalue weighted by Crippen LogP contribution is 2.36. The third kappa shape index (κ3) is 2.66. The molecule has 2 heterocycles. The standard InChI is InChI=1S/C13H8BrIO3S/c14-9-5-11-10(17-1-2-18-11)4-8(9)13(16)7-3-12(15)19-6-7/h3-6H,1-2H2. The first-order valence-corrected chi connectivity index (χ1v) is 8.28. The van der Waals surface area contributed by atoms with Crippen molar-refractivity contribution in [2.75, 3.05) is 13.2 Å². The quantitative estimate of drug-likeness (QED) is 0.510. The maximum Gasteiger partial charge on any atom is 0.195 e. The fourth-order valence-corrected chi connectivity index (χ4v) is 3.65. The van der Waals surface area contributed by atoms with Crippen LogP contribution < -0.4 is 9.47 Å². The van der Waals surface area contributed by atoms with Crippen LogP contribution in [-0.2, 0) is 0 Å². The van der Waals surface area contributed by atoms with Gasteiger partial charge in [0, 0.05) is 21.0 Å². The van der Waals surface area contributed by atoms with Crippen LogP contribution in [0, 0.1) is 2.88 Å². The van der Waals surface area contributed by atoms with E-state index in [0.29, 0.717) is 35.8 Å². The number of hydrogen-bond donors (Lipinski definition) is 0. The third-order valence-electron chi connectivity index (χ3n) is 2.71. The van der Waals surface area contributed by atoms with Gasteiger partial charge in [-0.2, -0.15) is 0 Å². The molecule has 0 bridgehead atoms. The van der Waals surface area contributed by atoms with Gasteiger partial charge in [0.15, 0.2) is 17.3 Å². The molecule has 0 saturated heterocycles. The first-order valence-electron chi connectivity index (χ1n) is 5.53.